The van der Waals surface area contributed by atoms with Gasteiger partial charge in [-0.2, -0.15) is 0 Å². The standard InChI is InChI=1S/C15H14Cl2N2O3/c1-21-14-7-4-11(8-13(14)17)19-15(20)18-9-22-12-5-2-10(16)3-6-12/h2-8H,9H2,1H3,(H2,18,19,20). The molecule has 2 amide bonds. The predicted octanol–water partition coefficient (Wildman–Crippen LogP) is 4.16. The zero-order chi connectivity index (χ0) is 15.9. The Bertz CT molecular complexity index is 648. The highest BCUT2D eigenvalue weighted by molar-refractivity contribution is 6.32. The van der Waals surface area contributed by atoms with Gasteiger partial charge in [0.15, 0.2) is 6.73 Å². The van der Waals surface area contributed by atoms with Gasteiger partial charge < -0.3 is 20.1 Å². The van der Waals surface area contributed by atoms with E-state index in [2.05, 4.69) is 10.6 Å². The third kappa shape index (κ3) is 4.72. The van der Waals surface area contributed by atoms with Crippen molar-refractivity contribution < 1.29 is 14.3 Å². The number of amides is 2. The van der Waals surface area contributed by atoms with Crippen LogP contribution in [0.3, 0.4) is 0 Å². The van der Waals surface area contributed by atoms with Gasteiger partial charge in [0.25, 0.3) is 0 Å². The highest BCUT2D eigenvalue weighted by Gasteiger charge is 2.05. The number of urea groups is 1. The lowest BCUT2D eigenvalue weighted by atomic mass is 10.3. The van der Waals surface area contributed by atoms with Crippen molar-refractivity contribution >= 4 is 34.9 Å². The Morgan fingerprint density at radius 2 is 1.86 bits per heavy atom. The molecule has 0 saturated heterocycles. The maximum atomic E-state index is 11.7. The van der Waals surface area contributed by atoms with E-state index in [0.29, 0.717) is 27.2 Å². The van der Waals surface area contributed by atoms with E-state index < -0.39 is 6.03 Å². The van der Waals surface area contributed by atoms with E-state index in [1.807, 2.05) is 0 Å². The molecule has 2 aromatic rings. The number of halogens is 2. The van der Waals surface area contributed by atoms with Crippen LogP contribution in [-0.4, -0.2) is 19.9 Å². The molecule has 2 aromatic carbocycles. The zero-order valence-corrected chi connectivity index (χ0v) is 13.2. The van der Waals surface area contributed by atoms with Gasteiger partial charge in [0, 0.05) is 10.7 Å². The third-order valence-electron chi connectivity index (χ3n) is 2.69. The van der Waals surface area contributed by atoms with Crippen LogP contribution in [0.15, 0.2) is 42.5 Å². The molecule has 5 nitrogen and oxygen atoms in total. The van der Waals surface area contributed by atoms with Gasteiger partial charge >= 0.3 is 6.03 Å². The number of hydrogen-bond acceptors (Lipinski definition) is 3. The number of methoxy groups -OCH3 is 1. The summed E-state index contributed by atoms with van der Waals surface area (Å²) >= 11 is 11.7. The second kappa shape index (κ2) is 7.77. The average molecular weight is 341 g/mol. The van der Waals surface area contributed by atoms with Crippen LogP contribution in [0, 0.1) is 0 Å². The van der Waals surface area contributed by atoms with Crippen LogP contribution in [0.4, 0.5) is 10.5 Å². The molecule has 0 unspecified atom stereocenters. The fourth-order valence-corrected chi connectivity index (χ4v) is 2.02. The molecule has 0 aromatic heterocycles. The minimum Gasteiger partial charge on any atom is -0.495 e. The van der Waals surface area contributed by atoms with E-state index in [0.717, 1.165) is 0 Å². The first-order valence-corrected chi connectivity index (χ1v) is 7.11. The van der Waals surface area contributed by atoms with Crippen molar-refractivity contribution in [2.45, 2.75) is 0 Å². The van der Waals surface area contributed by atoms with Crippen LogP contribution in [0.5, 0.6) is 11.5 Å². The van der Waals surface area contributed by atoms with Crippen LogP contribution in [0.2, 0.25) is 10.0 Å². The van der Waals surface area contributed by atoms with Crippen molar-refractivity contribution in [2.24, 2.45) is 0 Å². The smallest absolute Gasteiger partial charge is 0.321 e. The zero-order valence-electron chi connectivity index (χ0n) is 11.7. The molecule has 0 bridgehead atoms. The molecule has 0 saturated carbocycles. The van der Waals surface area contributed by atoms with E-state index in [9.17, 15) is 4.79 Å². The Labute approximate surface area is 138 Å². The lowest BCUT2D eigenvalue weighted by molar-refractivity contribution is 0.234. The Hall–Kier alpha value is -2.11. The third-order valence-corrected chi connectivity index (χ3v) is 3.24. The summed E-state index contributed by atoms with van der Waals surface area (Å²) < 4.78 is 10.4. The maximum Gasteiger partial charge on any atom is 0.321 e. The molecular weight excluding hydrogens is 327 g/mol. The van der Waals surface area contributed by atoms with Gasteiger partial charge in [-0.05, 0) is 42.5 Å². The summed E-state index contributed by atoms with van der Waals surface area (Å²) in [5.41, 5.74) is 0.551. The summed E-state index contributed by atoms with van der Waals surface area (Å²) in [6.45, 7) is 0.0252. The minimum absolute atomic E-state index is 0.0252. The summed E-state index contributed by atoms with van der Waals surface area (Å²) in [4.78, 5) is 11.7. The summed E-state index contributed by atoms with van der Waals surface area (Å²) in [7, 11) is 1.52. The lowest BCUT2D eigenvalue weighted by Crippen LogP contribution is -2.31. The van der Waals surface area contributed by atoms with Crippen molar-refractivity contribution in [3.05, 3.63) is 52.5 Å². The maximum absolute atomic E-state index is 11.7. The summed E-state index contributed by atoms with van der Waals surface area (Å²) in [6.07, 6.45) is 0. The number of carbonyl (C=O) groups is 1. The first-order valence-electron chi connectivity index (χ1n) is 6.35. The Morgan fingerprint density at radius 1 is 1.14 bits per heavy atom. The quantitative estimate of drug-likeness (QED) is 0.803. The van der Waals surface area contributed by atoms with E-state index in [-0.39, 0.29) is 6.73 Å². The molecule has 0 fully saturated rings. The van der Waals surface area contributed by atoms with E-state index >= 15 is 0 Å². The van der Waals surface area contributed by atoms with Crippen LogP contribution >= 0.6 is 23.2 Å². The van der Waals surface area contributed by atoms with Crippen LogP contribution in [0.1, 0.15) is 0 Å². The number of benzene rings is 2. The summed E-state index contributed by atoms with van der Waals surface area (Å²) in [5, 5.41) is 6.24. The molecule has 0 heterocycles. The number of rotatable bonds is 5. The molecule has 0 spiro atoms. The molecule has 2 N–H and O–H groups in total. The number of ether oxygens (including phenoxy) is 2. The van der Waals surface area contributed by atoms with E-state index in [1.54, 1.807) is 42.5 Å². The monoisotopic (exact) mass is 340 g/mol. The molecule has 0 aliphatic carbocycles. The fourth-order valence-electron chi connectivity index (χ4n) is 1.64. The van der Waals surface area contributed by atoms with Crippen LogP contribution in [0.25, 0.3) is 0 Å². The first-order chi connectivity index (χ1) is 10.6. The normalized spacial score (nSPS) is 9.95. The Kier molecular flexibility index (Phi) is 5.75. The van der Waals surface area contributed by atoms with Crippen molar-refractivity contribution in [3.8, 4) is 11.5 Å². The van der Waals surface area contributed by atoms with Gasteiger partial charge in [0.1, 0.15) is 11.5 Å². The number of carbonyl (C=O) groups excluding carboxylic acids is 1. The van der Waals surface area contributed by atoms with Gasteiger partial charge in [-0.25, -0.2) is 4.79 Å². The topological polar surface area (TPSA) is 59.6 Å². The fraction of sp³-hybridized carbons (Fsp3) is 0.133. The van der Waals surface area contributed by atoms with Crippen molar-refractivity contribution in [3.63, 3.8) is 0 Å². The molecular formula is C15H14Cl2N2O3. The van der Waals surface area contributed by atoms with Gasteiger partial charge in [0.05, 0.1) is 12.1 Å². The van der Waals surface area contributed by atoms with Gasteiger partial charge in [0.2, 0.25) is 0 Å². The molecule has 7 heteroatoms. The van der Waals surface area contributed by atoms with Crippen molar-refractivity contribution in [2.75, 3.05) is 19.2 Å². The van der Waals surface area contributed by atoms with Crippen molar-refractivity contribution in [1.29, 1.82) is 0 Å². The molecule has 22 heavy (non-hydrogen) atoms. The van der Waals surface area contributed by atoms with Crippen LogP contribution in [-0.2, 0) is 0 Å². The molecule has 0 atom stereocenters. The highest BCUT2D eigenvalue weighted by atomic mass is 35.5. The Balaban J connectivity index is 1.80. The molecule has 0 aliphatic rings. The average Bonchev–Trinajstić information content (AvgIpc) is 2.49. The number of nitrogens with one attached hydrogen (secondary N) is 2. The first kappa shape index (κ1) is 16.3. The summed E-state index contributed by atoms with van der Waals surface area (Å²) in [5.74, 6) is 1.15. The summed E-state index contributed by atoms with van der Waals surface area (Å²) in [6, 6.07) is 11.4. The van der Waals surface area contributed by atoms with Gasteiger partial charge in [-0.3, -0.25) is 0 Å². The van der Waals surface area contributed by atoms with Gasteiger partial charge in [-0.1, -0.05) is 23.2 Å². The van der Waals surface area contributed by atoms with Crippen molar-refractivity contribution in [1.82, 2.24) is 5.32 Å². The largest absolute Gasteiger partial charge is 0.495 e. The lowest BCUT2D eigenvalue weighted by Gasteiger charge is -2.10. The van der Waals surface area contributed by atoms with E-state index in [4.69, 9.17) is 32.7 Å². The Morgan fingerprint density at radius 3 is 2.50 bits per heavy atom. The SMILES string of the molecule is COc1ccc(NC(=O)NCOc2ccc(Cl)cc2)cc1Cl. The second-order valence-corrected chi connectivity index (χ2v) is 5.07. The molecule has 0 radical (unpaired) electrons. The molecule has 0 aliphatic heterocycles. The van der Waals surface area contributed by atoms with E-state index in [1.165, 1.54) is 7.11 Å². The van der Waals surface area contributed by atoms with Crippen LogP contribution < -0.4 is 20.1 Å². The molecule has 2 rings (SSSR count). The number of hydrogen-bond donors (Lipinski definition) is 2. The molecule has 116 valence electrons. The number of anilines is 1. The highest BCUT2D eigenvalue weighted by Crippen LogP contribution is 2.27. The second-order valence-electron chi connectivity index (χ2n) is 4.22. The van der Waals surface area contributed by atoms with Gasteiger partial charge in [-0.15, -0.1) is 0 Å². The minimum atomic E-state index is -0.407. The predicted molar refractivity (Wildman–Crippen MR) is 87.1 cm³/mol.